The Labute approximate surface area is 192 Å². The van der Waals surface area contributed by atoms with Crippen LogP contribution >= 0.6 is 0 Å². The minimum absolute atomic E-state index is 0.0244. The van der Waals surface area contributed by atoms with Crippen molar-refractivity contribution in [3.8, 4) is 11.1 Å². The Balaban J connectivity index is 1.18. The molecule has 7 nitrogen and oxygen atoms in total. The fraction of sp³-hybridized carbons (Fsp3) is 0.423. The van der Waals surface area contributed by atoms with Gasteiger partial charge in [-0.1, -0.05) is 48.5 Å². The minimum atomic E-state index is -0.930. The summed E-state index contributed by atoms with van der Waals surface area (Å²) in [6.07, 6.45) is 2.91. The molecular formula is C26H28N2O5. The first kappa shape index (κ1) is 21.5. The third-order valence-corrected chi connectivity index (χ3v) is 7.36. The standard InChI is InChI=1S/C26H28N2O5/c29-23(30)14-16-12-17(13-16)27-24(31)26(10-5-11-26)28-25(32)33-15-22-20-8-3-1-6-18(20)19-7-2-4-9-21(19)22/h1-4,6-9,16-17,22H,5,10-15H2,(H,27,31)(H,28,32)(H,29,30). The molecule has 0 bridgehead atoms. The van der Waals surface area contributed by atoms with Crippen LogP contribution in [0.2, 0.25) is 0 Å². The number of amides is 2. The van der Waals surface area contributed by atoms with Crippen LogP contribution in [0.4, 0.5) is 4.79 Å². The first-order chi connectivity index (χ1) is 15.9. The molecule has 2 aromatic carbocycles. The van der Waals surface area contributed by atoms with Crippen LogP contribution in [-0.4, -0.2) is 41.3 Å². The summed E-state index contributed by atoms with van der Waals surface area (Å²) < 4.78 is 5.63. The van der Waals surface area contributed by atoms with Crippen molar-refractivity contribution in [1.82, 2.24) is 10.6 Å². The maximum absolute atomic E-state index is 12.9. The molecule has 2 amide bonds. The second-order valence-electron chi connectivity index (χ2n) is 9.49. The molecule has 0 aliphatic heterocycles. The summed E-state index contributed by atoms with van der Waals surface area (Å²) in [5.41, 5.74) is 3.68. The molecular weight excluding hydrogens is 420 g/mol. The van der Waals surface area contributed by atoms with E-state index in [1.807, 2.05) is 24.3 Å². The van der Waals surface area contributed by atoms with Gasteiger partial charge in [0.25, 0.3) is 0 Å². The summed E-state index contributed by atoms with van der Waals surface area (Å²) >= 11 is 0. The van der Waals surface area contributed by atoms with Crippen molar-refractivity contribution < 1.29 is 24.2 Å². The van der Waals surface area contributed by atoms with Gasteiger partial charge in [0.2, 0.25) is 5.91 Å². The molecule has 33 heavy (non-hydrogen) atoms. The number of alkyl carbamates (subject to hydrolysis) is 1. The Bertz CT molecular complexity index is 1040. The maximum atomic E-state index is 12.9. The highest BCUT2D eigenvalue weighted by Crippen LogP contribution is 2.44. The maximum Gasteiger partial charge on any atom is 0.408 e. The highest BCUT2D eigenvalue weighted by atomic mass is 16.5. The van der Waals surface area contributed by atoms with E-state index >= 15 is 0 Å². The normalized spacial score (nSPS) is 22.2. The van der Waals surface area contributed by atoms with Crippen molar-refractivity contribution in [2.75, 3.05) is 6.61 Å². The number of fused-ring (bicyclic) bond motifs is 3. The lowest BCUT2D eigenvalue weighted by atomic mass is 9.74. The van der Waals surface area contributed by atoms with Gasteiger partial charge in [-0.3, -0.25) is 9.59 Å². The number of aliphatic carboxylic acids is 1. The molecule has 0 aromatic heterocycles. The SMILES string of the molecule is O=C(O)CC1CC(NC(=O)C2(NC(=O)OCC3c4ccccc4-c4ccccc43)CCC2)C1. The van der Waals surface area contributed by atoms with Crippen molar-refractivity contribution in [3.05, 3.63) is 59.7 Å². The molecule has 3 aliphatic carbocycles. The van der Waals surface area contributed by atoms with E-state index in [9.17, 15) is 14.4 Å². The summed E-state index contributed by atoms with van der Waals surface area (Å²) in [6.45, 7) is 0.205. The predicted molar refractivity (Wildman–Crippen MR) is 122 cm³/mol. The summed E-state index contributed by atoms with van der Waals surface area (Å²) in [4.78, 5) is 36.4. The molecule has 172 valence electrons. The van der Waals surface area contributed by atoms with Crippen LogP contribution in [0.1, 0.15) is 55.6 Å². The smallest absolute Gasteiger partial charge is 0.408 e. The first-order valence-electron chi connectivity index (χ1n) is 11.6. The number of benzene rings is 2. The first-order valence-corrected chi connectivity index (χ1v) is 11.6. The van der Waals surface area contributed by atoms with E-state index in [1.54, 1.807) is 0 Å². The number of ether oxygens (including phenoxy) is 1. The zero-order chi connectivity index (χ0) is 23.0. The molecule has 2 saturated carbocycles. The number of hydrogen-bond donors (Lipinski definition) is 3. The molecule has 5 rings (SSSR count). The molecule has 0 spiro atoms. The second-order valence-corrected chi connectivity index (χ2v) is 9.49. The second kappa shape index (κ2) is 8.54. The molecule has 0 heterocycles. The van der Waals surface area contributed by atoms with Crippen LogP contribution in [0.5, 0.6) is 0 Å². The third kappa shape index (κ3) is 4.08. The van der Waals surface area contributed by atoms with E-state index in [2.05, 4.69) is 34.9 Å². The molecule has 0 radical (unpaired) electrons. The molecule has 0 atom stereocenters. The number of hydrogen-bond acceptors (Lipinski definition) is 4. The van der Waals surface area contributed by atoms with E-state index in [4.69, 9.17) is 9.84 Å². The van der Waals surface area contributed by atoms with Gasteiger partial charge in [0.1, 0.15) is 12.1 Å². The van der Waals surface area contributed by atoms with Gasteiger partial charge in [0, 0.05) is 18.4 Å². The number of carboxylic acid groups (broad SMARTS) is 1. The molecule has 3 aliphatic rings. The topological polar surface area (TPSA) is 105 Å². The zero-order valence-corrected chi connectivity index (χ0v) is 18.4. The van der Waals surface area contributed by atoms with Gasteiger partial charge in [0.15, 0.2) is 0 Å². The van der Waals surface area contributed by atoms with Crippen molar-refractivity contribution in [2.24, 2.45) is 5.92 Å². The fourth-order valence-electron chi connectivity index (χ4n) is 5.36. The number of nitrogens with one attached hydrogen (secondary N) is 2. The lowest BCUT2D eigenvalue weighted by Gasteiger charge is -2.43. The molecule has 7 heteroatoms. The molecule has 0 saturated heterocycles. The molecule has 3 N–H and O–H groups in total. The van der Waals surface area contributed by atoms with Gasteiger partial charge in [-0.15, -0.1) is 0 Å². The number of carboxylic acids is 1. The van der Waals surface area contributed by atoms with E-state index in [0.717, 1.165) is 17.5 Å². The van der Waals surface area contributed by atoms with Gasteiger partial charge >= 0.3 is 12.1 Å². The Morgan fingerprint density at radius 3 is 2.12 bits per heavy atom. The van der Waals surface area contributed by atoms with Crippen molar-refractivity contribution in [1.29, 1.82) is 0 Å². The molecule has 0 unspecified atom stereocenters. The lowest BCUT2D eigenvalue weighted by Crippen LogP contribution is -2.65. The molecule has 2 aromatic rings. The van der Waals surface area contributed by atoms with Crippen molar-refractivity contribution in [2.45, 2.75) is 56.0 Å². The van der Waals surface area contributed by atoms with E-state index in [1.165, 1.54) is 11.1 Å². The largest absolute Gasteiger partial charge is 0.481 e. The Kier molecular flexibility index (Phi) is 5.56. The highest BCUT2D eigenvalue weighted by Gasteiger charge is 2.47. The summed E-state index contributed by atoms with van der Waals surface area (Å²) in [7, 11) is 0. The predicted octanol–water partition coefficient (Wildman–Crippen LogP) is 3.82. The fourth-order valence-corrected chi connectivity index (χ4v) is 5.36. The van der Waals surface area contributed by atoms with Crippen LogP contribution in [0.25, 0.3) is 11.1 Å². The quantitative estimate of drug-likeness (QED) is 0.597. The van der Waals surface area contributed by atoms with Crippen molar-refractivity contribution in [3.63, 3.8) is 0 Å². The monoisotopic (exact) mass is 448 g/mol. The van der Waals surface area contributed by atoms with E-state index < -0.39 is 17.6 Å². The Morgan fingerprint density at radius 2 is 1.58 bits per heavy atom. The van der Waals surface area contributed by atoms with E-state index in [0.29, 0.717) is 25.7 Å². The van der Waals surface area contributed by atoms with Crippen LogP contribution in [0.15, 0.2) is 48.5 Å². The number of carbonyl (C=O) groups excluding carboxylic acids is 2. The Morgan fingerprint density at radius 1 is 0.970 bits per heavy atom. The van der Waals surface area contributed by atoms with E-state index in [-0.39, 0.29) is 36.8 Å². The van der Waals surface area contributed by atoms with Gasteiger partial charge < -0.3 is 20.5 Å². The average Bonchev–Trinajstić information content (AvgIpc) is 3.07. The summed E-state index contributed by atoms with van der Waals surface area (Å²) in [5.74, 6) is -0.922. The minimum Gasteiger partial charge on any atom is -0.481 e. The Hall–Kier alpha value is -3.35. The lowest BCUT2D eigenvalue weighted by molar-refractivity contribution is -0.139. The van der Waals surface area contributed by atoms with Gasteiger partial charge in [0.05, 0.1) is 0 Å². The van der Waals surface area contributed by atoms with Gasteiger partial charge in [-0.2, -0.15) is 0 Å². The average molecular weight is 449 g/mol. The van der Waals surface area contributed by atoms with Gasteiger partial charge in [-0.25, -0.2) is 4.79 Å². The van der Waals surface area contributed by atoms with Crippen LogP contribution in [-0.2, 0) is 14.3 Å². The van der Waals surface area contributed by atoms with Crippen LogP contribution in [0, 0.1) is 5.92 Å². The van der Waals surface area contributed by atoms with Crippen LogP contribution < -0.4 is 10.6 Å². The van der Waals surface area contributed by atoms with Gasteiger partial charge in [-0.05, 0) is 60.3 Å². The van der Waals surface area contributed by atoms with Crippen LogP contribution in [0.3, 0.4) is 0 Å². The number of rotatable bonds is 7. The zero-order valence-electron chi connectivity index (χ0n) is 18.4. The number of carbonyl (C=O) groups is 3. The summed E-state index contributed by atoms with van der Waals surface area (Å²) in [6, 6.07) is 16.3. The third-order valence-electron chi connectivity index (χ3n) is 7.36. The highest BCUT2D eigenvalue weighted by molar-refractivity contribution is 5.91. The van der Waals surface area contributed by atoms with Crippen molar-refractivity contribution >= 4 is 18.0 Å². The summed E-state index contributed by atoms with van der Waals surface area (Å²) in [5, 5.41) is 14.7. The molecule has 2 fully saturated rings.